The molecular weight excluding hydrogens is 444 g/mol. The number of esters is 1. The van der Waals surface area contributed by atoms with Gasteiger partial charge in [-0.2, -0.15) is 0 Å². The van der Waals surface area contributed by atoms with Gasteiger partial charge in [0.15, 0.2) is 0 Å². The minimum Gasteiger partial charge on any atom is -0.462 e. The van der Waals surface area contributed by atoms with E-state index in [1.807, 2.05) is 49.3 Å². The first-order chi connectivity index (χ1) is 13.2. The number of hydrogen-bond acceptors (Lipinski definition) is 5. The molecule has 0 aliphatic carbocycles. The quantitative estimate of drug-likeness (QED) is 0.572. The van der Waals surface area contributed by atoms with Crippen LogP contribution in [-0.4, -0.2) is 52.6 Å². The Bertz CT molecular complexity index is 902. The van der Waals surface area contributed by atoms with Crippen molar-refractivity contribution in [1.82, 2.24) is 9.62 Å². The Labute approximate surface area is 175 Å². The molecule has 1 N–H and O–H groups in total. The van der Waals surface area contributed by atoms with Crippen molar-refractivity contribution in [3.05, 3.63) is 64.1 Å². The number of halogens is 1. The lowest BCUT2D eigenvalue weighted by molar-refractivity contribution is 0.0526. The van der Waals surface area contributed by atoms with E-state index in [4.69, 9.17) is 4.74 Å². The zero-order chi connectivity index (χ0) is 20.7. The monoisotopic (exact) mass is 468 g/mol. The molecule has 0 aromatic heterocycles. The molecule has 0 fully saturated rings. The zero-order valence-corrected chi connectivity index (χ0v) is 18.6. The number of likely N-dealkylation sites (N-methyl/N-ethyl adjacent to an activating group) is 1. The number of nitrogens with zero attached hydrogens (tertiary/aromatic N) is 1. The molecule has 0 spiro atoms. The van der Waals surface area contributed by atoms with Crippen LogP contribution in [0.5, 0.6) is 0 Å². The first-order valence-corrected chi connectivity index (χ1v) is 11.2. The van der Waals surface area contributed by atoms with E-state index in [0.29, 0.717) is 10.0 Å². The number of rotatable bonds is 9. The highest BCUT2D eigenvalue weighted by atomic mass is 79.9. The van der Waals surface area contributed by atoms with Crippen LogP contribution in [0.4, 0.5) is 0 Å². The van der Waals surface area contributed by atoms with Crippen LogP contribution in [0, 0.1) is 0 Å². The van der Waals surface area contributed by atoms with E-state index in [0.717, 1.165) is 12.0 Å². The summed E-state index contributed by atoms with van der Waals surface area (Å²) < 4.78 is 33.5. The molecule has 2 rings (SSSR count). The highest BCUT2D eigenvalue weighted by molar-refractivity contribution is 9.10. The minimum absolute atomic E-state index is 0.00486. The smallest absolute Gasteiger partial charge is 0.338 e. The van der Waals surface area contributed by atoms with E-state index in [-0.39, 0.29) is 24.1 Å². The van der Waals surface area contributed by atoms with Crippen LogP contribution in [0.1, 0.15) is 22.8 Å². The number of hydrogen-bond donors (Lipinski definition) is 1. The summed E-state index contributed by atoms with van der Waals surface area (Å²) >= 11 is 3.25. The van der Waals surface area contributed by atoms with Crippen molar-refractivity contribution < 1.29 is 17.9 Å². The zero-order valence-electron chi connectivity index (χ0n) is 16.2. The predicted octanol–water partition coefficient (Wildman–Crippen LogP) is 3.08. The van der Waals surface area contributed by atoms with E-state index in [1.165, 1.54) is 18.2 Å². The number of benzene rings is 2. The summed E-state index contributed by atoms with van der Waals surface area (Å²) in [6.07, 6.45) is 0.722. The standard InChI is InChI=1S/C20H25BrN2O4S/c1-4-27-20(24)16-10-11-19(18(21)13-16)28(25,26)22-14-17(23(2)3)12-15-8-6-5-7-9-15/h5-11,13,17,22H,4,12,14H2,1-3H3. The lowest BCUT2D eigenvalue weighted by Crippen LogP contribution is -2.41. The first kappa shape index (κ1) is 22.5. The molecule has 0 radical (unpaired) electrons. The molecule has 1 atom stereocenters. The Morgan fingerprint density at radius 1 is 1.18 bits per heavy atom. The summed E-state index contributed by atoms with van der Waals surface area (Å²) in [5.41, 5.74) is 1.43. The number of ether oxygens (including phenoxy) is 1. The fraction of sp³-hybridized carbons (Fsp3) is 0.350. The third kappa shape index (κ3) is 6.13. The molecule has 0 bridgehead atoms. The van der Waals surface area contributed by atoms with E-state index in [9.17, 15) is 13.2 Å². The predicted molar refractivity (Wildman–Crippen MR) is 113 cm³/mol. The highest BCUT2D eigenvalue weighted by Gasteiger charge is 2.22. The lowest BCUT2D eigenvalue weighted by Gasteiger charge is -2.25. The molecule has 152 valence electrons. The van der Waals surface area contributed by atoms with Gasteiger partial charge in [-0.15, -0.1) is 0 Å². The van der Waals surface area contributed by atoms with Gasteiger partial charge in [-0.05, 0) is 67.1 Å². The number of nitrogens with one attached hydrogen (secondary N) is 1. The summed E-state index contributed by atoms with van der Waals surface area (Å²) in [5, 5.41) is 0. The Morgan fingerprint density at radius 2 is 1.86 bits per heavy atom. The fourth-order valence-electron chi connectivity index (χ4n) is 2.67. The Hall–Kier alpha value is -1.74. The van der Waals surface area contributed by atoms with Gasteiger partial charge >= 0.3 is 5.97 Å². The summed E-state index contributed by atoms with van der Waals surface area (Å²) in [4.78, 5) is 13.9. The van der Waals surface area contributed by atoms with Crippen molar-refractivity contribution in [3.63, 3.8) is 0 Å². The SMILES string of the molecule is CCOC(=O)c1ccc(S(=O)(=O)NCC(Cc2ccccc2)N(C)C)c(Br)c1. The molecule has 0 amide bonds. The van der Waals surface area contributed by atoms with Gasteiger partial charge in [0.1, 0.15) is 0 Å². The molecule has 0 saturated carbocycles. The fourth-order valence-corrected chi connectivity index (χ4v) is 4.82. The molecule has 8 heteroatoms. The average Bonchev–Trinajstić information content (AvgIpc) is 2.65. The number of carbonyl (C=O) groups is 1. The van der Waals surface area contributed by atoms with Crippen LogP contribution < -0.4 is 4.72 Å². The van der Waals surface area contributed by atoms with Crippen molar-refractivity contribution >= 4 is 31.9 Å². The van der Waals surface area contributed by atoms with Crippen molar-refractivity contribution in [3.8, 4) is 0 Å². The maximum atomic E-state index is 12.8. The maximum absolute atomic E-state index is 12.8. The Morgan fingerprint density at radius 3 is 2.43 bits per heavy atom. The van der Waals surface area contributed by atoms with E-state index in [2.05, 4.69) is 20.7 Å². The Kier molecular flexibility index (Phi) is 8.18. The second kappa shape index (κ2) is 10.2. The summed E-state index contributed by atoms with van der Waals surface area (Å²) in [7, 11) is 0.103. The number of sulfonamides is 1. The van der Waals surface area contributed by atoms with Crippen LogP contribution in [0.2, 0.25) is 0 Å². The van der Waals surface area contributed by atoms with Gasteiger partial charge in [0, 0.05) is 17.1 Å². The van der Waals surface area contributed by atoms with E-state index in [1.54, 1.807) is 6.92 Å². The second-order valence-electron chi connectivity index (χ2n) is 6.52. The van der Waals surface area contributed by atoms with Gasteiger partial charge < -0.3 is 9.64 Å². The molecule has 2 aromatic rings. The van der Waals surface area contributed by atoms with E-state index >= 15 is 0 Å². The highest BCUT2D eigenvalue weighted by Crippen LogP contribution is 2.24. The van der Waals surface area contributed by atoms with Gasteiger partial charge in [-0.1, -0.05) is 30.3 Å². The molecule has 0 heterocycles. The normalized spacial score (nSPS) is 12.8. The first-order valence-electron chi connectivity index (χ1n) is 8.91. The van der Waals surface area contributed by atoms with Crippen LogP contribution in [0.3, 0.4) is 0 Å². The van der Waals surface area contributed by atoms with Crippen molar-refractivity contribution in [1.29, 1.82) is 0 Å². The molecule has 28 heavy (non-hydrogen) atoms. The van der Waals surface area contributed by atoms with Crippen LogP contribution in [-0.2, 0) is 21.2 Å². The third-order valence-electron chi connectivity index (χ3n) is 4.29. The van der Waals surface area contributed by atoms with Crippen molar-refractivity contribution in [2.45, 2.75) is 24.3 Å². The molecule has 0 aliphatic rings. The van der Waals surface area contributed by atoms with Gasteiger partial charge in [-0.25, -0.2) is 17.9 Å². The van der Waals surface area contributed by atoms with Crippen LogP contribution in [0.25, 0.3) is 0 Å². The average molecular weight is 469 g/mol. The number of carbonyl (C=O) groups excluding carboxylic acids is 1. The molecule has 2 aromatic carbocycles. The molecule has 6 nitrogen and oxygen atoms in total. The summed E-state index contributed by atoms with van der Waals surface area (Å²) in [5.74, 6) is -0.490. The topological polar surface area (TPSA) is 75.7 Å². The maximum Gasteiger partial charge on any atom is 0.338 e. The van der Waals surface area contributed by atoms with Crippen molar-refractivity contribution in [2.24, 2.45) is 0 Å². The van der Waals surface area contributed by atoms with Crippen LogP contribution >= 0.6 is 15.9 Å². The molecule has 0 saturated heterocycles. The third-order valence-corrected chi connectivity index (χ3v) is 6.69. The van der Waals surface area contributed by atoms with Gasteiger partial charge in [-0.3, -0.25) is 0 Å². The molecule has 1 unspecified atom stereocenters. The Balaban J connectivity index is 2.12. The van der Waals surface area contributed by atoms with E-state index < -0.39 is 16.0 Å². The van der Waals surface area contributed by atoms with Crippen molar-refractivity contribution in [2.75, 3.05) is 27.2 Å². The summed E-state index contributed by atoms with van der Waals surface area (Å²) in [6.45, 7) is 2.23. The minimum atomic E-state index is -3.74. The van der Waals surface area contributed by atoms with Gasteiger partial charge in [0.05, 0.1) is 17.1 Å². The molecular formula is C20H25BrN2O4S. The van der Waals surface area contributed by atoms with Crippen LogP contribution in [0.15, 0.2) is 57.9 Å². The lowest BCUT2D eigenvalue weighted by atomic mass is 10.1. The second-order valence-corrected chi connectivity index (χ2v) is 9.11. The largest absolute Gasteiger partial charge is 0.462 e. The van der Waals surface area contributed by atoms with Gasteiger partial charge in [0.25, 0.3) is 0 Å². The molecule has 0 aliphatic heterocycles. The summed E-state index contributed by atoms with van der Waals surface area (Å²) in [6, 6.07) is 14.2. The van der Waals surface area contributed by atoms with Gasteiger partial charge in [0.2, 0.25) is 10.0 Å².